The van der Waals surface area contributed by atoms with Gasteiger partial charge in [0.15, 0.2) is 5.82 Å². The maximum atomic E-state index is 12.2. The van der Waals surface area contributed by atoms with E-state index in [2.05, 4.69) is 20.4 Å². The molecule has 2 aromatic rings. The molecule has 172 valence electrons. The first kappa shape index (κ1) is 20.8. The molecule has 7 nitrogen and oxygen atoms in total. The van der Waals surface area contributed by atoms with Gasteiger partial charge in [0.25, 0.3) is 0 Å². The predicted octanol–water partition coefficient (Wildman–Crippen LogP) is 3.55. The number of aryl methyl sites for hydroxylation is 1. The third-order valence-electron chi connectivity index (χ3n) is 8.25. The lowest BCUT2D eigenvalue weighted by molar-refractivity contribution is -0.121. The first-order valence-corrected chi connectivity index (χ1v) is 13.2. The molecule has 2 bridgehead atoms. The van der Waals surface area contributed by atoms with Crippen LogP contribution in [0.4, 0.5) is 0 Å². The van der Waals surface area contributed by atoms with E-state index in [0.29, 0.717) is 17.1 Å². The van der Waals surface area contributed by atoms with Gasteiger partial charge in [-0.1, -0.05) is 5.16 Å². The lowest BCUT2D eigenvalue weighted by atomic mass is 9.45. The van der Waals surface area contributed by atoms with Gasteiger partial charge in [-0.15, -0.1) is 11.3 Å². The molecule has 0 atom stereocenters. The minimum absolute atomic E-state index is 0.000124. The normalized spacial score (nSPS) is 31.5. The zero-order chi connectivity index (χ0) is 21.7. The van der Waals surface area contributed by atoms with E-state index in [1.807, 2.05) is 11.3 Å². The summed E-state index contributed by atoms with van der Waals surface area (Å²) in [5.74, 6) is 2.76. The Kier molecular flexibility index (Phi) is 5.33. The van der Waals surface area contributed by atoms with Crippen molar-refractivity contribution in [3.63, 3.8) is 0 Å². The van der Waals surface area contributed by atoms with E-state index in [4.69, 9.17) is 9.51 Å². The Morgan fingerprint density at radius 2 is 2.03 bits per heavy atom. The molecule has 0 radical (unpaired) electrons. The highest BCUT2D eigenvalue weighted by molar-refractivity contribution is 7.12. The highest BCUT2D eigenvalue weighted by atomic mass is 32.1. The van der Waals surface area contributed by atoms with Crippen LogP contribution in [0.2, 0.25) is 0 Å². The fourth-order valence-electron chi connectivity index (χ4n) is 6.21. The molecule has 1 aliphatic heterocycles. The molecule has 5 aliphatic rings. The number of hydrogen-bond acceptors (Lipinski definition) is 7. The lowest BCUT2D eigenvalue weighted by Gasteiger charge is -2.60. The van der Waals surface area contributed by atoms with E-state index in [1.54, 1.807) is 11.8 Å². The maximum Gasteiger partial charge on any atom is 0.228 e. The van der Waals surface area contributed by atoms with Crippen LogP contribution in [0.5, 0.6) is 0 Å². The van der Waals surface area contributed by atoms with Gasteiger partial charge in [-0.3, -0.25) is 9.69 Å². The second-order valence-corrected chi connectivity index (χ2v) is 11.7. The number of hydrogen-bond donors (Lipinski definition) is 1. The second-order valence-electron chi connectivity index (χ2n) is 10.7. The highest BCUT2D eigenvalue weighted by Gasteiger charge is 2.59. The van der Waals surface area contributed by atoms with E-state index in [-0.39, 0.29) is 18.4 Å². The first-order chi connectivity index (χ1) is 15.5. The number of rotatable bonds is 7. The molecule has 4 saturated carbocycles. The monoisotopic (exact) mass is 455 g/mol. The first-order valence-electron chi connectivity index (χ1n) is 12.3. The molecule has 1 amide bonds. The van der Waals surface area contributed by atoms with Crippen molar-refractivity contribution in [1.82, 2.24) is 25.3 Å². The second kappa shape index (κ2) is 8.20. The van der Waals surface area contributed by atoms with Crippen LogP contribution in [0.1, 0.15) is 78.7 Å². The van der Waals surface area contributed by atoms with Crippen LogP contribution in [-0.2, 0) is 29.6 Å². The van der Waals surface area contributed by atoms with Crippen molar-refractivity contribution in [2.24, 2.45) is 11.8 Å². The van der Waals surface area contributed by atoms with Crippen molar-refractivity contribution >= 4 is 17.2 Å². The minimum Gasteiger partial charge on any atom is -0.353 e. The Hall–Kier alpha value is -1.80. The summed E-state index contributed by atoms with van der Waals surface area (Å²) in [5, 5.41) is 8.43. The summed E-state index contributed by atoms with van der Waals surface area (Å²) in [4.78, 5) is 25.7. The molecule has 7 rings (SSSR count). The Bertz CT molecular complexity index is 975. The molecule has 0 saturated heterocycles. The number of amides is 1. The number of thiazole rings is 1. The van der Waals surface area contributed by atoms with Crippen LogP contribution >= 0.6 is 11.3 Å². The summed E-state index contributed by atoms with van der Waals surface area (Å²) in [6.45, 7) is 5.15. The third-order valence-corrected chi connectivity index (χ3v) is 9.66. The van der Waals surface area contributed by atoms with Gasteiger partial charge in [-0.2, -0.15) is 4.98 Å². The summed E-state index contributed by atoms with van der Waals surface area (Å²) in [5.41, 5.74) is 1.89. The largest absolute Gasteiger partial charge is 0.353 e. The van der Waals surface area contributed by atoms with Crippen molar-refractivity contribution in [2.45, 2.75) is 89.1 Å². The van der Waals surface area contributed by atoms with E-state index in [9.17, 15) is 4.79 Å². The Morgan fingerprint density at radius 1 is 1.22 bits per heavy atom. The van der Waals surface area contributed by atoms with Crippen LogP contribution < -0.4 is 5.32 Å². The van der Waals surface area contributed by atoms with Gasteiger partial charge in [-0.05, 0) is 76.2 Å². The van der Waals surface area contributed by atoms with Crippen LogP contribution in [-0.4, -0.2) is 45.1 Å². The zero-order valence-corrected chi connectivity index (χ0v) is 19.8. The average Bonchev–Trinajstić information content (AvgIpc) is 3.30. The number of fused-ring (bicyclic) bond motifs is 1. The van der Waals surface area contributed by atoms with Crippen LogP contribution in [0, 0.1) is 18.8 Å². The quantitative estimate of drug-likeness (QED) is 0.687. The highest BCUT2D eigenvalue weighted by Crippen LogP contribution is 2.65. The minimum atomic E-state index is -0.000124. The number of nitrogens with one attached hydrogen (secondary N) is 1. The standard InChI is InChI=1S/C24H33N5O2S/c1-15-25-21(28-31-15)10-22(30)26-18-4-2-16(3-5-18)6-8-29-9-7-20-19(14-29)27-23(32-20)24-11-17(12-24)13-24/h16-18H,2-14H2,1H3,(H,26,30). The molecule has 8 heteroatoms. The number of aromatic nitrogens is 3. The van der Waals surface area contributed by atoms with Crippen LogP contribution in [0.3, 0.4) is 0 Å². The summed E-state index contributed by atoms with van der Waals surface area (Å²) >= 11 is 2.03. The van der Waals surface area contributed by atoms with Crippen LogP contribution in [0.25, 0.3) is 0 Å². The Labute approximate surface area is 193 Å². The molecule has 2 aromatic heterocycles. The third kappa shape index (κ3) is 4.00. The SMILES string of the molecule is Cc1nc(CC(=O)NC2CCC(CCN3CCc4sc(C56CC(C5)C6)nc4C3)CC2)no1. The Morgan fingerprint density at radius 3 is 2.72 bits per heavy atom. The van der Waals surface area contributed by atoms with E-state index < -0.39 is 0 Å². The molecule has 1 N–H and O–H groups in total. The van der Waals surface area contributed by atoms with Gasteiger partial charge in [0, 0.05) is 36.3 Å². The van der Waals surface area contributed by atoms with Gasteiger partial charge >= 0.3 is 0 Å². The Balaban J connectivity index is 0.925. The molecule has 4 fully saturated rings. The van der Waals surface area contributed by atoms with Gasteiger partial charge in [-0.25, -0.2) is 4.98 Å². The molecular weight excluding hydrogens is 422 g/mol. The van der Waals surface area contributed by atoms with E-state index >= 15 is 0 Å². The van der Waals surface area contributed by atoms with Crippen molar-refractivity contribution in [3.05, 3.63) is 27.3 Å². The molecule has 3 heterocycles. The molecule has 0 aromatic carbocycles. The smallest absolute Gasteiger partial charge is 0.228 e. The molecule has 0 unspecified atom stereocenters. The molecule has 0 spiro atoms. The van der Waals surface area contributed by atoms with Crippen molar-refractivity contribution in [1.29, 1.82) is 0 Å². The molecular formula is C24H33N5O2S. The topological polar surface area (TPSA) is 84.2 Å². The van der Waals surface area contributed by atoms with Gasteiger partial charge in [0.05, 0.1) is 17.1 Å². The summed E-state index contributed by atoms with van der Waals surface area (Å²) in [6.07, 6.45) is 11.4. The molecule has 4 aliphatic carbocycles. The predicted molar refractivity (Wildman–Crippen MR) is 121 cm³/mol. The fourth-order valence-corrected chi connectivity index (χ4v) is 7.48. The van der Waals surface area contributed by atoms with Crippen molar-refractivity contribution in [3.8, 4) is 0 Å². The fraction of sp³-hybridized carbons (Fsp3) is 0.750. The van der Waals surface area contributed by atoms with Gasteiger partial charge in [0.2, 0.25) is 11.8 Å². The van der Waals surface area contributed by atoms with Crippen molar-refractivity contribution in [2.75, 3.05) is 13.1 Å². The summed E-state index contributed by atoms with van der Waals surface area (Å²) in [6, 6.07) is 0.287. The van der Waals surface area contributed by atoms with Gasteiger partial charge in [0.1, 0.15) is 0 Å². The summed E-state index contributed by atoms with van der Waals surface area (Å²) in [7, 11) is 0. The van der Waals surface area contributed by atoms with Gasteiger partial charge < -0.3 is 9.84 Å². The van der Waals surface area contributed by atoms with Crippen molar-refractivity contribution < 1.29 is 9.32 Å². The number of nitrogens with zero attached hydrogens (tertiary/aromatic N) is 4. The van der Waals surface area contributed by atoms with E-state index in [1.165, 1.54) is 68.7 Å². The average molecular weight is 456 g/mol. The maximum absolute atomic E-state index is 12.2. The lowest BCUT2D eigenvalue weighted by Crippen LogP contribution is -2.55. The van der Waals surface area contributed by atoms with E-state index in [0.717, 1.165) is 31.2 Å². The van der Waals surface area contributed by atoms with Crippen LogP contribution in [0.15, 0.2) is 4.52 Å². The zero-order valence-electron chi connectivity index (χ0n) is 18.9. The number of carbonyl (C=O) groups is 1. The molecule has 32 heavy (non-hydrogen) atoms. The summed E-state index contributed by atoms with van der Waals surface area (Å²) < 4.78 is 4.94. The number of carbonyl (C=O) groups excluding carboxylic acids is 1.